The Morgan fingerprint density at radius 1 is 1.40 bits per heavy atom. The van der Waals surface area contributed by atoms with E-state index in [1.54, 1.807) is 24.1 Å². The molecule has 1 saturated carbocycles. The van der Waals surface area contributed by atoms with Crippen LogP contribution in [0.25, 0.3) is 0 Å². The minimum atomic E-state index is -0.372. The van der Waals surface area contributed by atoms with Crippen LogP contribution in [0.4, 0.5) is 5.82 Å². The summed E-state index contributed by atoms with van der Waals surface area (Å²) in [7, 11) is 0. The quantitative estimate of drug-likeness (QED) is 0.799. The van der Waals surface area contributed by atoms with Crippen molar-refractivity contribution in [2.75, 3.05) is 31.6 Å². The number of rotatable bonds is 4. The molecule has 0 radical (unpaired) electrons. The summed E-state index contributed by atoms with van der Waals surface area (Å²) in [6, 6.07) is 1.75. The molecule has 1 aliphatic carbocycles. The molecule has 3 heterocycles. The van der Waals surface area contributed by atoms with Crippen molar-refractivity contribution in [2.24, 2.45) is 11.3 Å². The predicted octanol–water partition coefficient (Wildman–Crippen LogP) is 0.0306. The maximum Gasteiger partial charge on any atom is 0.228 e. The van der Waals surface area contributed by atoms with E-state index in [4.69, 9.17) is 4.74 Å². The molecule has 2 unspecified atom stereocenters. The first-order valence-electron chi connectivity index (χ1n) is 8.75. The van der Waals surface area contributed by atoms with Crippen molar-refractivity contribution in [3.63, 3.8) is 0 Å². The molecule has 0 bridgehead atoms. The van der Waals surface area contributed by atoms with Gasteiger partial charge >= 0.3 is 0 Å². The number of anilines is 1. The van der Waals surface area contributed by atoms with E-state index in [0.717, 1.165) is 18.7 Å². The van der Waals surface area contributed by atoms with Gasteiger partial charge in [-0.25, -0.2) is 9.97 Å². The molecule has 8 heteroatoms. The molecular formula is C17H23N5O3. The highest BCUT2D eigenvalue weighted by molar-refractivity contribution is 5.88. The average Bonchev–Trinajstić information content (AvgIpc) is 3.19. The number of amides is 2. The molecule has 25 heavy (non-hydrogen) atoms. The van der Waals surface area contributed by atoms with E-state index < -0.39 is 0 Å². The molecule has 4 rings (SSSR count). The Hall–Kier alpha value is -2.22. The lowest BCUT2D eigenvalue weighted by Crippen LogP contribution is -2.54. The standard InChI is InChI=1S/C17H23N5O3/c1-11(23)22-7-12-6-17(12,9-22)16(24)21-13-3-5-25-8-14(13)20-15-2-4-18-10-19-15/h2,4,10,12-14H,3,5-9H2,1H3,(H,21,24)(H,18,19,20)/t12?,13-,14+,17?/m1/s1. The summed E-state index contributed by atoms with van der Waals surface area (Å²) in [5.41, 5.74) is -0.372. The van der Waals surface area contributed by atoms with Crippen LogP contribution in [0.15, 0.2) is 18.6 Å². The summed E-state index contributed by atoms with van der Waals surface area (Å²) < 4.78 is 5.57. The van der Waals surface area contributed by atoms with Gasteiger partial charge < -0.3 is 20.3 Å². The molecular weight excluding hydrogens is 322 g/mol. The molecule has 0 aromatic carbocycles. The third-order valence-corrected chi connectivity index (χ3v) is 5.63. The number of piperidine rings is 1. The van der Waals surface area contributed by atoms with E-state index in [1.165, 1.54) is 6.33 Å². The average molecular weight is 345 g/mol. The maximum atomic E-state index is 12.9. The lowest BCUT2D eigenvalue weighted by molar-refractivity contribution is -0.130. The van der Waals surface area contributed by atoms with E-state index in [1.807, 2.05) is 0 Å². The second-order valence-electron chi connectivity index (χ2n) is 7.25. The molecule has 3 fully saturated rings. The fourth-order valence-electron chi connectivity index (χ4n) is 4.01. The number of fused-ring (bicyclic) bond motifs is 1. The van der Waals surface area contributed by atoms with Crippen molar-refractivity contribution >= 4 is 17.6 Å². The minimum absolute atomic E-state index is 0.0155. The van der Waals surface area contributed by atoms with Gasteiger partial charge in [-0.2, -0.15) is 0 Å². The zero-order valence-corrected chi connectivity index (χ0v) is 14.3. The van der Waals surface area contributed by atoms with Crippen molar-refractivity contribution in [3.05, 3.63) is 18.6 Å². The van der Waals surface area contributed by atoms with Crippen LogP contribution in [0.1, 0.15) is 19.8 Å². The lowest BCUT2D eigenvalue weighted by Gasteiger charge is -2.34. The van der Waals surface area contributed by atoms with Crippen molar-refractivity contribution in [1.29, 1.82) is 0 Å². The molecule has 2 saturated heterocycles. The highest BCUT2D eigenvalue weighted by Crippen LogP contribution is 2.58. The molecule has 8 nitrogen and oxygen atoms in total. The Morgan fingerprint density at radius 2 is 2.28 bits per heavy atom. The van der Waals surface area contributed by atoms with Crippen molar-refractivity contribution in [3.8, 4) is 0 Å². The molecule has 2 amide bonds. The van der Waals surface area contributed by atoms with E-state index in [0.29, 0.717) is 32.2 Å². The first-order valence-corrected chi connectivity index (χ1v) is 8.75. The third kappa shape index (κ3) is 3.06. The number of hydrogen-bond donors (Lipinski definition) is 2. The van der Waals surface area contributed by atoms with Gasteiger partial charge in [-0.15, -0.1) is 0 Å². The van der Waals surface area contributed by atoms with E-state index in [2.05, 4.69) is 20.6 Å². The van der Waals surface area contributed by atoms with Crippen LogP contribution < -0.4 is 10.6 Å². The van der Waals surface area contributed by atoms with Crippen LogP contribution in [0.3, 0.4) is 0 Å². The number of likely N-dealkylation sites (tertiary alicyclic amines) is 1. The van der Waals surface area contributed by atoms with Crippen molar-refractivity contribution in [2.45, 2.75) is 31.8 Å². The molecule has 2 aliphatic heterocycles. The Balaban J connectivity index is 1.40. The van der Waals surface area contributed by atoms with Crippen LogP contribution in [0, 0.1) is 11.3 Å². The first kappa shape index (κ1) is 16.3. The van der Waals surface area contributed by atoms with E-state index in [-0.39, 0.29) is 29.3 Å². The summed E-state index contributed by atoms with van der Waals surface area (Å²) in [6.07, 6.45) is 4.80. The van der Waals surface area contributed by atoms with Crippen molar-refractivity contribution in [1.82, 2.24) is 20.2 Å². The fraction of sp³-hybridized carbons (Fsp3) is 0.647. The fourth-order valence-corrected chi connectivity index (χ4v) is 4.01. The number of aromatic nitrogens is 2. The lowest BCUT2D eigenvalue weighted by atomic mass is 9.99. The molecule has 134 valence electrons. The van der Waals surface area contributed by atoms with Crippen LogP contribution >= 0.6 is 0 Å². The number of nitrogens with one attached hydrogen (secondary N) is 2. The van der Waals surface area contributed by atoms with Crippen molar-refractivity contribution < 1.29 is 14.3 Å². The summed E-state index contributed by atoms with van der Waals surface area (Å²) in [6.45, 7) is 3.97. The van der Waals surface area contributed by atoms with Crippen LogP contribution in [-0.4, -0.2) is 65.1 Å². The predicted molar refractivity (Wildman–Crippen MR) is 89.6 cm³/mol. The van der Waals surface area contributed by atoms with Gasteiger partial charge in [0.05, 0.1) is 24.1 Å². The number of carbonyl (C=O) groups is 2. The van der Waals surface area contributed by atoms with Gasteiger partial charge in [0, 0.05) is 32.8 Å². The number of hydrogen-bond acceptors (Lipinski definition) is 6. The smallest absolute Gasteiger partial charge is 0.228 e. The second-order valence-corrected chi connectivity index (χ2v) is 7.25. The normalized spacial score (nSPS) is 33.5. The van der Waals surface area contributed by atoms with Gasteiger partial charge in [0.15, 0.2) is 0 Å². The highest BCUT2D eigenvalue weighted by atomic mass is 16.5. The maximum absolute atomic E-state index is 12.9. The van der Waals surface area contributed by atoms with E-state index >= 15 is 0 Å². The summed E-state index contributed by atoms with van der Waals surface area (Å²) in [5.74, 6) is 1.15. The highest BCUT2D eigenvalue weighted by Gasteiger charge is 2.65. The van der Waals surface area contributed by atoms with Gasteiger partial charge in [-0.3, -0.25) is 9.59 Å². The molecule has 1 aromatic rings. The van der Waals surface area contributed by atoms with Gasteiger partial charge in [0.2, 0.25) is 11.8 Å². The number of carbonyl (C=O) groups excluding carboxylic acids is 2. The Morgan fingerprint density at radius 3 is 3.00 bits per heavy atom. The second kappa shape index (κ2) is 6.25. The largest absolute Gasteiger partial charge is 0.379 e. The third-order valence-electron chi connectivity index (χ3n) is 5.63. The molecule has 4 atom stereocenters. The Kier molecular flexibility index (Phi) is 4.07. The number of nitrogens with zero attached hydrogens (tertiary/aromatic N) is 3. The minimum Gasteiger partial charge on any atom is -0.379 e. The van der Waals surface area contributed by atoms with Gasteiger partial charge in [-0.05, 0) is 24.8 Å². The van der Waals surface area contributed by atoms with Crippen LogP contribution in [-0.2, 0) is 14.3 Å². The molecule has 1 aromatic heterocycles. The summed E-state index contributed by atoms with van der Waals surface area (Å²) in [4.78, 5) is 34.4. The SMILES string of the molecule is CC(=O)N1CC2CC2(C(=O)N[C@@H]2CCOC[C@@H]2Nc2ccncn2)C1. The monoisotopic (exact) mass is 345 g/mol. The zero-order chi connectivity index (χ0) is 17.4. The summed E-state index contributed by atoms with van der Waals surface area (Å²) in [5, 5.41) is 6.53. The number of ether oxygens (including phenoxy) is 1. The molecule has 2 N–H and O–H groups in total. The Bertz CT molecular complexity index is 670. The Labute approximate surface area is 146 Å². The van der Waals surface area contributed by atoms with Crippen LogP contribution in [0.2, 0.25) is 0 Å². The van der Waals surface area contributed by atoms with Crippen LogP contribution in [0.5, 0.6) is 0 Å². The molecule has 0 spiro atoms. The summed E-state index contributed by atoms with van der Waals surface area (Å²) >= 11 is 0. The van der Waals surface area contributed by atoms with Gasteiger partial charge in [0.25, 0.3) is 0 Å². The topological polar surface area (TPSA) is 96.5 Å². The zero-order valence-electron chi connectivity index (χ0n) is 14.3. The molecule has 3 aliphatic rings. The van der Waals surface area contributed by atoms with Gasteiger partial charge in [0.1, 0.15) is 12.1 Å². The first-order chi connectivity index (χ1) is 12.1. The van der Waals surface area contributed by atoms with Gasteiger partial charge in [-0.1, -0.05) is 0 Å². The van der Waals surface area contributed by atoms with E-state index in [9.17, 15) is 9.59 Å².